The minimum atomic E-state index is -0.445. The molecule has 4 nitrogen and oxygen atoms in total. The van der Waals surface area contributed by atoms with Crippen LogP contribution in [0, 0.1) is 6.92 Å². The summed E-state index contributed by atoms with van der Waals surface area (Å²) in [5, 5.41) is 21.0. The lowest BCUT2D eigenvalue weighted by Crippen LogP contribution is -2.33. The molecule has 1 saturated heterocycles. The zero-order valence-electron chi connectivity index (χ0n) is 18.1. The quantitative estimate of drug-likeness (QED) is 0.585. The summed E-state index contributed by atoms with van der Waals surface area (Å²) < 4.78 is 8.44. The van der Waals surface area contributed by atoms with Gasteiger partial charge < -0.3 is 19.5 Å². The van der Waals surface area contributed by atoms with Gasteiger partial charge in [-0.3, -0.25) is 0 Å². The first kappa shape index (κ1) is 21.1. The Kier molecular flexibility index (Phi) is 6.57. The summed E-state index contributed by atoms with van der Waals surface area (Å²) in [5.74, 6) is 0. The molecule has 3 atom stereocenters. The highest BCUT2D eigenvalue weighted by atomic mass is 16.5. The molecule has 3 aromatic rings. The van der Waals surface area contributed by atoms with Crippen LogP contribution in [-0.2, 0) is 17.7 Å². The number of aliphatic hydroxyl groups is 2. The van der Waals surface area contributed by atoms with Crippen LogP contribution in [0.25, 0.3) is 10.9 Å². The van der Waals surface area contributed by atoms with Gasteiger partial charge in [0.2, 0.25) is 0 Å². The Bertz CT molecular complexity index is 976. The van der Waals surface area contributed by atoms with Gasteiger partial charge in [0.15, 0.2) is 0 Å². The van der Waals surface area contributed by atoms with E-state index in [2.05, 4.69) is 67.1 Å². The predicted molar refractivity (Wildman–Crippen MR) is 121 cm³/mol. The van der Waals surface area contributed by atoms with Crippen molar-refractivity contribution in [3.63, 3.8) is 0 Å². The Morgan fingerprint density at radius 1 is 1.07 bits per heavy atom. The van der Waals surface area contributed by atoms with Crippen molar-refractivity contribution in [2.75, 3.05) is 6.61 Å². The number of hydrogen-bond donors (Lipinski definition) is 2. The molecule has 0 amide bonds. The van der Waals surface area contributed by atoms with Crippen molar-refractivity contribution in [2.24, 2.45) is 0 Å². The first-order chi connectivity index (χ1) is 14.6. The number of aromatic nitrogens is 1. The monoisotopic (exact) mass is 407 g/mol. The van der Waals surface area contributed by atoms with E-state index in [1.54, 1.807) is 0 Å². The van der Waals surface area contributed by atoms with E-state index < -0.39 is 6.10 Å². The van der Waals surface area contributed by atoms with E-state index in [4.69, 9.17) is 4.74 Å². The Morgan fingerprint density at radius 3 is 2.57 bits per heavy atom. The van der Waals surface area contributed by atoms with Gasteiger partial charge in [-0.1, -0.05) is 55.8 Å². The maximum Gasteiger partial charge on any atom is 0.0875 e. The molecule has 0 bridgehead atoms. The fraction of sp³-hybridized carbons (Fsp3) is 0.462. The number of benzene rings is 2. The largest absolute Gasteiger partial charge is 0.394 e. The van der Waals surface area contributed by atoms with Gasteiger partial charge in [0.05, 0.1) is 30.4 Å². The number of hydrogen-bond acceptors (Lipinski definition) is 3. The molecule has 1 aliphatic rings. The smallest absolute Gasteiger partial charge is 0.0875 e. The van der Waals surface area contributed by atoms with Crippen LogP contribution >= 0.6 is 0 Å². The van der Waals surface area contributed by atoms with Crippen molar-refractivity contribution in [3.05, 3.63) is 70.9 Å². The Labute approximate surface area is 179 Å². The number of nitrogens with zero attached hydrogens (tertiary/aromatic N) is 1. The molecule has 1 aliphatic heterocycles. The average molecular weight is 408 g/mol. The van der Waals surface area contributed by atoms with Crippen LogP contribution in [-0.4, -0.2) is 33.6 Å². The highest BCUT2D eigenvalue weighted by molar-refractivity contribution is 5.87. The zero-order chi connectivity index (χ0) is 21.1. The lowest BCUT2D eigenvalue weighted by Gasteiger charge is -2.32. The Hall–Kier alpha value is -2.14. The van der Waals surface area contributed by atoms with Crippen LogP contribution < -0.4 is 0 Å². The first-order valence-electron chi connectivity index (χ1n) is 11.2. The second kappa shape index (κ2) is 9.34. The Morgan fingerprint density at radius 2 is 1.83 bits per heavy atom. The van der Waals surface area contributed by atoms with Gasteiger partial charge in [-0.2, -0.15) is 0 Å². The number of aryl methyl sites for hydroxylation is 2. The van der Waals surface area contributed by atoms with Crippen molar-refractivity contribution < 1.29 is 14.9 Å². The third-order valence-electron chi connectivity index (χ3n) is 6.25. The summed E-state index contributed by atoms with van der Waals surface area (Å²) in [6.07, 6.45) is 5.87. The first-order valence-corrected chi connectivity index (χ1v) is 11.2. The standard InChI is InChI=1S/C26H33NO3/c1-3-4-7-19-9-11-20(12-10-19)15-27-16-24(23-8-5-6-18(2)26(23)27)25-14-21(29)13-22(17-28)30-25/h5-6,8-12,16,21-22,25,28-29H,3-4,7,13-15,17H2,1-2H3/t21-,22-,25+/m0/s1. The molecule has 2 N–H and O–H groups in total. The normalized spacial score (nSPS) is 21.9. The molecule has 4 rings (SSSR count). The van der Waals surface area contributed by atoms with Gasteiger partial charge >= 0.3 is 0 Å². The maximum atomic E-state index is 10.3. The van der Waals surface area contributed by atoms with Gasteiger partial charge in [0.25, 0.3) is 0 Å². The topological polar surface area (TPSA) is 54.6 Å². The van der Waals surface area contributed by atoms with Gasteiger partial charge in [-0.15, -0.1) is 0 Å². The zero-order valence-corrected chi connectivity index (χ0v) is 18.1. The molecule has 30 heavy (non-hydrogen) atoms. The summed E-state index contributed by atoms with van der Waals surface area (Å²) >= 11 is 0. The van der Waals surface area contributed by atoms with E-state index in [1.165, 1.54) is 40.4 Å². The number of unbranched alkanes of at least 4 members (excludes halogenated alkanes) is 1. The fourth-order valence-corrected chi connectivity index (χ4v) is 4.65. The van der Waals surface area contributed by atoms with Crippen LogP contribution in [0.15, 0.2) is 48.7 Å². The molecule has 1 fully saturated rings. The number of fused-ring (bicyclic) bond motifs is 1. The molecule has 0 aliphatic carbocycles. The van der Waals surface area contributed by atoms with Crippen LogP contribution in [0.2, 0.25) is 0 Å². The third kappa shape index (κ3) is 4.46. The van der Waals surface area contributed by atoms with Crippen molar-refractivity contribution >= 4 is 10.9 Å². The van der Waals surface area contributed by atoms with E-state index in [9.17, 15) is 10.2 Å². The van der Waals surface area contributed by atoms with E-state index in [1.807, 2.05) is 0 Å². The molecule has 0 unspecified atom stereocenters. The number of rotatable bonds is 7. The molecule has 160 valence electrons. The van der Waals surface area contributed by atoms with E-state index in [-0.39, 0.29) is 18.8 Å². The van der Waals surface area contributed by atoms with E-state index >= 15 is 0 Å². The van der Waals surface area contributed by atoms with Gasteiger partial charge in [-0.05, 0) is 36.5 Å². The van der Waals surface area contributed by atoms with Crippen molar-refractivity contribution in [1.29, 1.82) is 0 Å². The molecule has 0 saturated carbocycles. The molecule has 2 aromatic carbocycles. The molecular weight excluding hydrogens is 374 g/mol. The minimum absolute atomic E-state index is 0.0599. The van der Waals surface area contributed by atoms with Crippen LogP contribution in [0.1, 0.15) is 61.0 Å². The lowest BCUT2D eigenvalue weighted by molar-refractivity contribution is -0.113. The molecule has 0 spiro atoms. The molecule has 1 aromatic heterocycles. The highest BCUT2D eigenvalue weighted by Gasteiger charge is 2.31. The molecule has 2 heterocycles. The second-order valence-corrected chi connectivity index (χ2v) is 8.66. The highest BCUT2D eigenvalue weighted by Crippen LogP contribution is 2.37. The maximum absolute atomic E-state index is 10.3. The summed E-state index contributed by atoms with van der Waals surface area (Å²) in [5.41, 5.74) is 6.22. The van der Waals surface area contributed by atoms with Gasteiger partial charge in [-0.25, -0.2) is 0 Å². The van der Waals surface area contributed by atoms with Crippen molar-refractivity contribution in [3.8, 4) is 0 Å². The van der Waals surface area contributed by atoms with Gasteiger partial charge in [0, 0.05) is 36.5 Å². The van der Waals surface area contributed by atoms with E-state index in [0.717, 1.165) is 18.5 Å². The molecular formula is C26H33NO3. The Balaban J connectivity index is 1.65. The predicted octanol–water partition coefficient (Wildman–Crippen LogP) is 4.91. The minimum Gasteiger partial charge on any atom is -0.394 e. The fourth-order valence-electron chi connectivity index (χ4n) is 4.65. The van der Waals surface area contributed by atoms with Crippen LogP contribution in [0.5, 0.6) is 0 Å². The number of ether oxygens (including phenoxy) is 1. The number of aliphatic hydroxyl groups excluding tert-OH is 2. The average Bonchev–Trinajstić information content (AvgIpc) is 3.12. The third-order valence-corrected chi connectivity index (χ3v) is 6.25. The summed E-state index contributed by atoms with van der Waals surface area (Å²) in [6, 6.07) is 15.3. The van der Waals surface area contributed by atoms with Gasteiger partial charge in [0.1, 0.15) is 0 Å². The molecule has 4 heteroatoms. The SMILES string of the molecule is CCCCc1ccc(Cn2cc([C@H]3C[C@@H](O)C[C@@H](CO)O3)c3cccc(C)c32)cc1. The number of para-hydroxylation sites is 1. The summed E-state index contributed by atoms with van der Waals surface area (Å²) in [4.78, 5) is 0. The van der Waals surface area contributed by atoms with Crippen molar-refractivity contribution in [1.82, 2.24) is 4.57 Å². The second-order valence-electron chi connectivity index (χ2n) is 8.66. The molecule has 0 radical (unpaired) electrons. The summed E-state index contributed by atoms with van der Waals surface area (Å²) in [7, 11) is 0. The van der Waals surface area contributed by atoms with E-state index in [0.29, 0.717) is 12.8 Å². The summed E-state index contributed by atoms with van der Waals surface area (Å²) in [6.45, 7) is 5.11. The van der Waals surface area contributed by atoms with Crippen LogP contribution in [0.3, 0.4) is 0 Å². The van der Waals surface area contributed by atoms with Crippen molar-refractivity contribution in [2.45, 2.75) is 70.8 Å². The van der Waals surface area contributed by atoms with Crippen LogP contribution in [0.4, 0.5) is 0 Å². The lowest BCUT2D eigenvalue weighted by atomic mass is 9.95.